The van der Waals surface area contributed by atoms with Crippen LogP contribution in [0.25, 0.3) is 10.8 Å². The summed E-state index contributed by atoms with van der Waals surface area (Å²) in [6.07, 6.45) is 8.18. The molecular formula is C24H27N3O. The van der Waals surface area contributed by atoms with Crippen LogP contribution in [0.5, 0.6) is 0 Å². The van der Waals surface area contributed by atoms with Gasteiger partial charge in [0.05, 0.1) is 6.54 Å². The Labute approximate surface area is 166 Å². The number of carbonyl (C=O) groups excluding carboxylic acids is 1. The van der Waals surface area contributed by atoms with Crippen molar-refractivity contribution in [1.82, 2.24) is 14.5 Å². The molecule has 1 fully saturated rings. The summed E-state index contributed by atoms with van der Waals surface area (Å²) in [5, 5.41) is 2.50. The van der Waals surface area contributed by atoms with Gasteiger partial charge in [-0.15, -0.1) is 0 Å². The molecule has 0 unspecified atom stereocenters. The summed E-state index contributed by atoms with van der Waals surface area (Å²) >= 11 is 0. The Morgan fingerprint density at radius 1 is 1.18 bits per heavy atom. The standard InChI is InChI=1S/C24H27N3O/c1-2-27-14-12-25-22(27)16-26-13-4-6-19(15-26)24(28)21-11-10-18-9-8-17-5-3-7-20(21)23(17)18/h3,5,7,10-12,14,19H,2,4,6,8-9,13,15-16H2,1H3/t19-/m1/s1. The van der Waals surface area contributed by atoms with Gasteiger partial charge in [-0.05, 0) is 61.1 Å². The molecule has 1 aliphatic heterocycles. The largest absolute Gasteiger partial charge is 0.334 e. The van der Waals surface area contributed by atoms with Crippen molar-refractivity contribution < 1.29 is 4.79 Å². The van der Waals surface area contributed by atoms with Gasteiger partial charge in [0, 0.05) is 37.0 Å². The SMILES string of the molecule is CCn1ccnc1CN1CCC[C@@H](C(=O)c2ccc3c4c(cccc24)CC3)C1. The topological polar surface area (TPSA) is 38.1 Å². The number of Topliss-reactive ketones (excluding diaryl/α,β-unsaturated/α-hetero) is 1. The van der Waals surface area contributed by atoms with E-state index >= 15 is 0 Å². The number of aromatic nitrogens is 2. The predicted octanol–water partition coefficient (Wildman–Crippen LogP) is 4.25. The fraction of sp³-hybridized carbons (Fsp3) is 0.417. The van der Waals surface area contributed by atoms with Gasteiger partial charge in [0.1, 0.15) is 5.82 Å². The van der Waals surface area contributed by atoms with Gasteiger partial charge >= 0.3 is 0 Å². The quantitative estimate of drug-likeness (QED) is 0.628. The van der Waals surface area contributed by atoms with Gasteiger partial charge in [0.2, 0.25) is 0 Å². The molecule has 144 valence electrons. The maximum absolute atomic E-state index is 13.5. The van der Waals surface area contributed by atoms with E-state index in [9.17, 15) is 4.79 Å². The van der Waals surface area contributed by atoms with Crippen molar-refractivity contribution in [2.75, 3.05) is 13.1 Å². The molecular weight excluding hydrogens is 346 g/mol. The fourth-order valence-corrected chi connectivity index (χ4v) is 5.07. The van der Waals surface area contributed by atoms with Gasteiger partial charge in [-0.1, -0.05) is 30.3 Å². The zero-order valence-corrected chi connectivity index (χ0v) is 16.5. The molecule has 28 heavy (non-hydrogen) atoms. The first kappa shape index (κ1) is 17.6. The number of carbonyl (C=O) groups is 1. The van der Waals surface area contributed by atoms with Crippen molar-refractivity contribution in [3.63, 3.8) is 0 Å². The molecule has 1 aliphatic carbocycles. The van der Waals surface area contributed by atoms with E-state index in [0.717, 1.165) is 68.6 Å². The normalized spacial score (nSPS) is 19.4. The van der Waals surface area contributed by atoms with Gasteiger partial charge in [0.25, 0.3) is 0 Å². The van der Waals surface area contributed by atoms with Crippen LogP contribution in [0, 0.1) is 5.92 Å². The number of benzene rings is 2. The van der Waals surface area contributed by atoms with Gasteiger partial charge in [-0.2, -0.15) is 0 Å². The van der Waals surface area contributed by atoms with E-state index in [0.29, 0.717) is 5.78 Å². The van der Waals surface area contributed by atoms with E-state index in [2.05, 4.69) is 51.7 Å². The lowest BCUT2D eigenvalue weighted by Crippen LogP contribution is -2.38. The highest BCUT2D eigenvalue weighted by molar-refractivity contribution is 6.11. The summed E-state index contributed by atoms with van der Waals surface area (Å²) in [5.41, 5.74) is 3.72. The Kier molecular flexibility index (Phi) is 4.52. The average Bonchev–Trinajstić information content (AvgIpc) is 3.36. The molecule has 0 amide bonds. The Hall–Kier alpha value is -2.46. The minimum atomic E-state index is 0.0808. The van der Waals surface area contributed by atoms with Crippen LogP contribution in [0.4, 0.5) is 0 Å². The number of imidazole rings is 1. The highest BCUT2D eigenvalue weighted by Gasteiger charge is 2.29. The van der Waals surface area contributed by atoms with Crippen LogP contribution in [0.2, 0.25) is 0 Å². The molecule has 0 radical (unpaired) electrons. The van der Waals surface area contributed by atoms with E-state index < -0.39 is 0 Å². The third-order valence-corrected chi connectivity index (χ3v) is 6.53. The summed E-state index contributed by atoms with van der Waals surface area (Å²) in [4.78, 5) is 20.4. The number of ketones is 1. The monoisotopic (exact) mass is 373 g/mol. The van der Waals surface area contributed by atoms with Gasteiger partial charge < -0.3 is 4.57 Å². The van der Waals surface area contributed by atoms with Crippen molar-refractivity contribution in [3.05, 3.63) is 65.2 Å². The van der Waals surface area contributed by atoms with Crippen molar-refractivity contribution >= 4 is 16.6 Å². The Morgan fingerprint density at radius 2 is 2.04 bits per heavy atom. The number of likely N-dealkylation sites (tertiary alicyclic amines) is 1. The highest BCUT2D eigenvalue weighted by atomic mass is 16.1. The van der Waals surface area contributed by atoms with Crippen molar-refractivity contribution in [1.29, 1.82) is 0 Å². The van der Waals surface area contributed by atoms with Crippen LogP contribution in [0.15, 0.2) is 42.7 Å². The summed E-state index contributed by atoms with van der Waals surface area (Å²) in [6.45, 7) is 5.78. The van der Waals surface area contributed by atoms with E-state index in [-0.39, 0.29) is 5.92 Å². The second kappa shape index (κ2) is 7.17. The van der Waals surface area contributed by atoms with Crippen LogP contribution in [0.3, 0.4) is 0 Å². The van der Waals surface area contributed by atoms with Crippen LogP contribution < -0.4 is 0 Å². The Morgan fingerprint density at radius 3 is 2.89 bits per heavy atom. The molecule has 2 aromatic carbocycles. The molecule has 1 aromatic heterocycles. The molecule has 4 nitrogen and oxygen atoms in total. The summed E-state index contributed by atoms with van der Waals surface area (Å²) < 4.78 is 2.19. The number of nitrogens with zero attached hydrogens (tertiary/aromatic N) is 3. The first-order valence-corrected chi connectivity index (χ1v) is 10.5. The minimum Gasteiger partial charge on any atom is -0.334 e. The number of hydrogen-bond donors (Lipinski definition) is 0. The molecule has 2 aliphatic rings. The predicted molar refractivity (Wildman–Crippen MR) is 112 cm³/mol. The molecule has 4 heteroatoms. The van der Waals surface area contributed by atoms with Gasteiger partial charge in [0.15, 0.2) is 5.78 Å². The average molecular weight is 374 g/mol. The number of hydrogen-bond acceptors (Lipinski definition) is 3. The second-order valence-electron chi connectivity index (χ2n) is 8.18. The van der Waals surface area contributed by atoms with Crippen molar-refractivity contribution in [3.8, 4) is 0 Å². The summed E-state index contributed by atoms with van der Waals surface area (Å²) in [7, 11) is 0. The zero-order chi connectivity index (χ0) is 19.1. The van der Waals surface area contributed by atoms with E-state index in [1.54, 1.807) is 0 Å². The third-order valence-electron chi connectivity index (χ3n) is 6.53. The zero-order valence-electron chi connectivity index (χ0n) is 16.5. The molecule has 0 saturated carbocycles. The number of rotatable bonds is 5. The van der Waals surface area contributed by atoms with Crippen molar-refractivity contribution in [2.24, 2.45) is 5.92 Å². The molecule has 1 saturated heterocycles. The van der Waals surface area contributed by atoms with Crippen LogP contribution in [0.1, 0.15) is 47.1 Å². The molecule has 2 heterocycles. The molecule has 0 bridgehead atoms. The van der Waals surface area contributed by atoms with E-state index in [1.807, 2.05) is 12.4 Å². The Bertz CT molecular complexity index is 1030. The third kappa shape index (κ3) is 2.96. The molecule has 3 aromatic rings. The summed E-state index contributed by atoms with van der Waals surface area (Å²) in [5.74, 6) is 1.50. The van der Waals surface area contributed by atoms with E-state index in [4.69, 9.17) is 0 Å². The number of aryl methyl sites for hydroxylation is 3. The molecule has 1 atom stereocenters. The van der Waals surface area contributed by atoms with Crippen molar-refractivity contribution in [2.45, 2.75) is 45.7 Å². The fourth-order valence-electron chi connectivity index (χ4n) is 5.07. The van der Waals surface area contributed by atoms with Gasteiger partial charge in [-0.3, -0.25) is 9.69 Å². The maximum Gasteiger partial charge on any atom is 0.167 e. The lowest BCUT2D eigenvalue weighted by Gasteiger charge is -2.32. The van der Waals surface area contributed by atoms with Crippen LogP contribution in [-0.2, 0) is 25.9 Å². The second-order valence-corrected chi connectivity index (χ2v) is 8.18. The van der Waals surface area contributed by atoms with Crippen LogP contribution >= 0.6 is 0 Å². The molecule has 0 N–H and O–H groups in total. The first-order chi connectivity index (χ1) is 13.7. The summed E-state index contributed by atoms with van der Waals surface area (Å²) in [6, 6.07) is 10.7. The lowest BCUT2D eigenvalue weighted by atomic mass is 9.87. The van der Waals surface area contributed by atoms with E-state index in [1.165, 1.54) is 16.5 Å². The molecule has 5 rings (SSSR count). The maximum atomic E-state index is 13.5. The number of piperidine rings is 1. The Balaban J connectivity index is 1.39. The molecule has 0 spiro atoms. The van der Waals surface area contributed by atoms with Crippen LogP contribution in [-0.4, -0.2) is 33.3 Å². The smallest absolute Gasteiger partial charge is 0.167 e. The highest BCUT2D eigenvalue weighted by Crippen LogP contribution is 2.34. The lowest BCUT2D eigenvalue weighted by molar-refractivity contribution is 0.0809. The first-order valence-electron chi connectivity index (χ1n) is 10.5. The van der Waals surface area contributed by atoms with Gasteiger partial charge in [-0.25, -0.2) is 4.98 Å². The minimum absolute atomic E-state index is 0.0808.